The molecule has 7 heteroatoms. The third-order valence-electron chi connectivity index (χ3n) is 6.81. The van der Waals surface area contributed by atoms with Gasteiger partial charge in [0.15, 0.2) is 5.13 Å². The Balaban J connectivity index is 1.71. The Morgan fingerprint density at radius 3 is 2.50 bits per heavy atom. The zero-order valence-corrected chi connectivity index (χ0v) is 22.9. The van der Waals surface area contributed by atoms with Gasteiger partial charge in [0.1, 0.15) is 11.5 Å². The molecule has 5 rings (SSSR count). The van der Waals surface area contributed by atoms with Gasteiger partial charge >= 0.3 is 5.91 Å². The van der Waals surface area contributed by atoms with Crippen LogP contribution in [0.4, 0.5) is 5.13 Å². The maximum Gasteiger partial charge on any atom is 0.301 e. The summed E-state index contributed by atoms with van der Waals surface area (Å²) in [7, 11) is 0. The average molecular weight is 527 g/mol. The molecule has 194 valence electrons. The Morgan fingerprint density at radius 1 is 1.08 bits per heavy atom. The number of ketones is 1. The van der Waals surface area contributed by atoms with Crippen molar-refractivity contribution in [3.8, 4) is 5.75 Å². The smallest absolute Gasteiger partial charge is 0.301 e. The van der Waals surface area contributed by atoms with Gasteiger partial charge in [-0.25, -0.2) is 4.98 Å². The lowest BCUT2D eigenvalue weighted by Crippen LogP contribution is -2.29. The van der Waals surface area contributed by atoms with Gasteiger partial charge < -0.3 is 9.84 Å². The van der Waals surface area contributed by atoms with Crippen LogP contribution in [0.2, 0.25) is 0 Å². The van der Waals surface area contributed by atoms with Crippen molar-refractivity contribution in [2.45, 2.75) is 46.6 Å². The van der Waals surface area contributed by atoms with Crippen molar-refractivity contribution in [3.05, 3.63) is 94.1 Å². The molecule has 0 spiro atoms. The maximum atomic E-state index is 13.6. The summed E-state index contributed by atoms with van der Waals surface area (Å²) in [5, 5.41) is 11.9. The molecule has 1 unspecified atom stereocenters. The molecule has 2 heterocycles. The van der Waals surface area contributed by atoms with E-state index in [-0.39, 0.29) is 11.3 Å². The Labute approximate surface area is 226 Å². The first kappa shape index (κ1) is 25.7. The third kappa shape index (κ3) is 4.47. The number of rotatable bonds is 6. The molecule has 1 amide bonds. The van der Waals surface area contributed by atoms with Crippen LogP contribution in [0.1, 0.15) is 60.5 Å². The number of Topliss-reactive ketones (excluding diaryl/α,β-unsaturated/α-hetero) is 1. The second kappa shape index (κ2) is 10.1. The number of aromatic nitrogens is 1. The van der Waals surface area contributed by atoms with Crippen LogP contribution in [0.25, 0.3) is 16.0 Å². The van der Waals surface area contributed by atoms with Gasteiger partial charge in [0.2, 0.25) is 0 Å². The van der Waals surface area contributed by atoms with Gasteiger partial charge in [-0.2, -0.15) is 0 Å². The van der Waals surface area contributed by atoms with E-state index in [9.17, 15) is 14.7 Å². The summed E-state index contributed by atoms with van der Waals surface area (Å²) in [6, 6.07) is 18.0. The van der Waals surface area contributed by atoms with Crippen molar-refractivity contribution in [2.75, 3.05) is 11.5 Å². The number of hydrogen-bond acceptors (Lipinski definition) is 6. The van der Waals surface area contributed by atoms with E-state index in [0.29, 0.717) is 29.0 Å². The van der Waals surface area contributed by atoms with E-state index in [4.69, 9.17) is 9.72 Å². The molecule has 1 atom stereocenters. The lowest BCUT2D eigenvalue weighted by atomic mass is 9.93. The molecule has 0 bridgehead atoms. The SMILES string of the molecule is CCOc1cccc(/C(O)=C2\C(=O)C(=O)N(c3nc4c(C)cc(C)cc4s3)C2c2ccc(C(C)C)cc2)c1. The first-order chi connectivity index (χ1) is 18.2. The van der Waals surface area contributed by atoms with E-state index in [1.165, 1.54) is 16.2 Å². The fourth-order valence-corrected chi connectivity index (χ4v) is 6.09. The quantitative estimate of drug-likeness (QED) is 0.165. The molecular formula is C31H30N2O4S. The molecule has 1 aromatic heterocycles. The topological polar surface area (TPSA) is 79.7 Å². The van der Waals surface area contributed by atoms with Crippen molar-refractivity contribution in [3.63, 3.8) is 0 Å². The molecule has 1 fully saturated rings. The van der Waals surface area contributed by atoms with Crippen LogP contribution in [0.15, 0.2) is 66.2 Å². The number of thiazole rings is 1. The number of hydrogen-bond donors (Lipinski definition) is 1. The largest absolute Gasteiger partial charge is 0.507 e. The highest BCUT2D eigenvalue weighted by Crippen LogP contribution is 2.45. The number of carbonyl (C=O) groups is 2. The van der Waals surface area contributed by atoms with Gasteiger partial charge in [-0.15, -0.1) is 0 Å². The molecule has 1 N–H and O–H groups in total. The zero-order valence-electron chi connectivity index (χ0n) is 22.1. The van der Waals surface area contributed by atoms with Gasteiger partial charge in [-0.05, 0) is 67.1 Å². The Bertz CT molecular complexity index is 1580. The Hall–Kier alpha value is -3.97. The molecule has 0 radical (unpaired) electrons. The summed E-state index contributed by atoms with van der Waals surface area (Å²) in [5.74, 6) is -0.792. The number of fused-ring (bicyclic) bond motifs is 1. The predicted molar refractivity (Wildman–Crippen MR) is 152 cm³/mol. The standard InChI is InChI=1S/C31H30N2O4S/c1-6-37-23-9-7-8-22(16-23)28(34)25-27(21-12-10-20(11-13-21)17(2)3)33(30(36)29(25)35)31-32-26-19(5)14-18(4)15-24(26)38-31/h7-17,27,34H,6H2,1-5H3/b28-25+. The number of anilines is 1. The third-order valence-corrected chi connectivity index (χ3v) is 7.81. The Kier molecular flexibility index (Phi) is 6.80. The second-order valence-electron chi connectivity index (χ2n) is 9.88. The monoisotopic (exact) mass is 526 g/mol. The van der Waals surface area contributed by atoms with E-state index in [1.807, 2.05) is 57.2 Å². The van der Waals surface area contributed by atoms with Crippen molar-refractivity contribution in [2.24, 2.45) is 0 Å². The normalized spacial score (nSPS) is 17.1. The molecule has 0 saturated carbocycles. The maximum absolute atomic E-state index is 13.6. The molecule has 4 aromatic rings. The summed E-state index contributed by atoms with van der Waals surface area (Å²) in [5.41, 5.74) is 5.22. The predicted octanol–water partition coefficient (Wildman–Crippen LogP) is 7.06. The number of aryl methyl sites for hydroxylation is 2. The number of carbonyl (C=O) groups excluding carboxylic acids is 2. The van der Waals surface area contributed by atoms with Gasteiger partial charge in [-0.3, -0.25) is 14.5 Å². The second-order valence-corrected chi connectivity index (χ2v) is 10.9. The minimum Gasteiger partial charge on any atom is -0.507 e. The number of aliphatic hydroxyl groups excluding tert-OH is 1. The van der Waals surface area contributed by atoms with E-state index in [1.54, 1.807) is 24.3 Å². The highest BCUT2D eigenvalue weighted by molar-refractivity contribution is 7.22. The number of aliphatic hydroxyl groups is 1. The van der Waals surface area contributed by atoms with Gasteiger partial charge in [0.25, 0.3) is 5.78 Å². The molecule has 38 heavy (non-hydrogen) atoms. The van der Waals surface area contributed by atoms with Crippen LogP contribution in [-0.4, -0.2) is 28.4 Å². The van der Waals surface area contributed by atoms with Crippen LogP contribution in [-0.2, 0) is 9.59 Å². The highest BCUT2D eigenvalue weighted by atomic mass is 32.1. The van der Waals surface area contributed by atoms with Crippen molar-refractivity contribution >= 4 is 44.1 Å². The van der Waals surface area contributed by atoms with E-state index in [2.05, 4.69) is 13.8 Å². The first-order valence-corrected chi connectivity index (χ1v) is 13.5. The summed E-state index contributed by atoms with van der Waals surface area (Å²) in [6.07, 6.45) is 0. The lowest BCUT2D eigenvalue weighted by molar-refractivity contribution is -0.132. The van der Waals surface area contributed by atoms with E-state index >= 15 is 0 Å². The first-order valence-electron chi connectivity index (χ1n) is 12.7. The molecule has 6 nitrogen and oxygen atoms in total. The van der Waals surface area contributed by atoms with E-state index in [0.717, 1.165) is 32.5 Å². The minimum absolute atomic E-state index is 0.0353. The van der Waals surface area contributed by atoms with Crippen LogP contribution >= 0.6 is 11.3 Å². The fourth-order valence-electron chi connectivity index (χ4n) is 4.93. The molecule has 0 aliphatic carbocycles. The number of benzene rings is 3. The fraction of sp³-hybridized carbons (Fsp3) is 0.258. The molecule has 3 aromatic carbocycles. The number of nitrogens with zero attached hydrogens (tertiary/aromatic N) is 2. The molecule has 1 aliphatic rings. The number of amides is 1. The van der Waals surface area contributed by atoms with Crippen LogP contribution in [0.3, 0.4) is 0 Å². The summed E-state index contributed by atoms with van der Waals surface area (Å²) in [4.78, 5) is 33.4. The summed E-state index contributed by atoms with van der Waals surface area (Å²) >= 11 is 1.37. The van der Waals surface area contributed by atoms with Crippen molar-refractivity contribution in [1.82, 2.24) is 4.98 Å². The minimum atomic E-state index is -0.825. The molecule has 1 aliphatic heterocycles. The zero-order chi connectivity index (χ0) is 27.1. The average Bonchev–Trinajstić information content (AvgIpc) is 3.42. The van der Waals surface area contributed by atoms with Gasteiger partial charge in [-0.1, -0.05) is 67.6 Å². The highest BCUT2D eigenvalue weighted by Gasteiger charge is 2.48. The Morgan fingerprint density at radius 2 is 1.82 bits per heavy atom. The van der Waals surface area contributed by atoms with Crippen LogP contribution in [0.5, 0.6) is 5.75 Å². The molecule has 1 saturated heterocycles. The van der Waals surface area contributed by atoms with Crippen LogP contribution < -0.4 is 9.64 Å². The lowest BCUT2D eigenvalue weighted by Gasteiger charge is -2.23. The van der Waals surface area contributed by atoms with Gasteiger partial charge in [0.05, 0.1) is 28.4 Å². The van der Waals surface area contributed by atoms with Crippen molar-refractivity contribution < 1.29 is 19.4 Å². The van der Waals surface area contributed by atoms with Gasteiger partial charge in [0, 0.05) is 5.56 Å². The van der Waals surface area contributed by atoms with E-state index < -0.39 is 17.7 Å². The summed E-state index contributed by atoms with van der Waals surface area (Å²) < 4.78 is 6.54. The van der Waals surface area contributed by atoms with Crippen LogP contribution in [0, 0.1) is 13.8 Å². The van der Waals surface area contributed by atoms with Crippen molar-refractivity contribution in [1.29, 1.82) is 0 Å². The number of ether oxygens (including phenoxy) is 1. The summed E-state index contributed by atoms with van der Waals surface area (Å²) in [6.45, 7) is 10.6. The molecular weight excluding hydrogens is 496 g/mol.